The van der Waals surface area contributed by atoms with Gasteiger partial charge in [-0.2, -0.15) is 0 Å². The largest absolute Gasteiger partial charge is 0.478 e. The molecule has 1 aromatic carbocycles. The van der Waals surface area contributed by atoms with Crippen molar-refractivity contribution in [2.45, 2.75) is 0 Å². The summed E-state index contributed by atoms with van der Waals surface area (Å²) in [5.41, 5.74) is -0.549. The fourth-order valence-electron chi connectivity index (χ4n) is 1.44. The third-order valence-electron chi connectivity index (χ3n) is 2.45. The van der Waals surface area contributed by atoms with Gasteiger partial charge in [-0.05, 0) is 28.1 Å². The van der Waals surface area contributed by atoms with Gasteiger partial charge < -0.3 is 19.9 Å². The molecule has 1 aromatic rings. The van der Waals surface area contributed by atoms with E-state index < -0.39 is 17.9 Å². The number of hydrogen-bond donors (Lipinski definition) is 2. The second kappa shape index (κ2) is 7.81. The summed E-state index contributed by atoms with van der Waals surface area (Å²) < 4.78 is 9.31. The number of aromatic carboxylic acids is 1. The summed E-state index contributed by atoms with van der Waals surface area (Å²) in [5, 5.41) is 11.7. The maximum absolute atomic E-state index is 11.7. The molecule has 0 bridgehead atoms. The average Bonchev–Trinajstić information content (AvgIpc) is 2.48. The summed E-state index contributed by atoms with van der Waals surface area (Å²) >= 11 is 9.03. The van der Waals surface area contributed by atoms with Crippen LogP contribution in [0.2, 0.25) is 5.02 Å². The Labute approximate surface area is 139 Å². The van der Waals surface area contributed by atoms with E-state index in [4.69, 9.17) is 11.6 Å². The lowest BCUT2D eigenvalue weighted by atomic mass is 10.1. The van der Waals surface area contributed by atoms with Gasteiger partial charge in [-0.1, -0.05) is 11.6 Å². The third-order valence-corrected chi connectivity index (χ3v) is 3.73. The number of rotatable bonds is 5. The number of nitrogens with one attached hydrogen (secondary N) is 1. The van der Waals surface area contributed by atoms with Gasteiger partial charge in [-0.25, -0.2) is 14.4 Å². The first kappa shape index (κ1) is 18.0. The molecule has 0 saturated heterocycles. The zero-order valence-corrected chi connectivity index (χ0v) is 13.8. The van der Waals surface area contributed by atoms with Crippen LogP contribution in [0.5, 0.6) is 0 Å². The van der Waals surface area contributed by atoms with Crippen molar-refractivity contribution in [3.05, 3.63) is 39.0 Å². The van der Waals surface area contributed by atoms with Crippen LogP contribution in [0.1, 0.15) is 10.4 Å². The second-order valence-corrected chi connectivity index (χ2v) is 5.02. The molecule has 0 heterocycles. The van der Waals surface area contributed by atoms with Gasteiger partial charge in [0.05, 0.1) is 31.0 Å². The lowest BCUT2D eigenvalue weighted by Crippen LogP contribution is -2.17. The Morgan fingerprint density at radius 1 is 1.27 bits per heavy atom. The third kappa shape index (κ3) is 4.22. The molecule has 0 aliphatic heterocycles. The van der Waals surface area contributed by atoms with Crippen molar-refractivity contribution < 1.29 is 29.0 Å². The highest BCUT2D eigenvalue weighted by molar-refractivity contribution is 9.10. The summed E-state index contributed by atoms with van der Waals surface area (Å²) in [4.78, 5) is 34.2. The van der Waals surface area contributed by atoms with E-state index in [-0.39, 0.29) is 22.0 Å². The topological polar surface area (TPSA) is 102 Å². The number of ether oxygens (including phenoxy) is 2. The Balaban J connectivity index is 3.33. The van der Waals surface area contributed by atoms with Crippen LogP contribution >= 0.6 is 27.5 Å². The molecule has 0 unspecified atom stereocenters. The van der Waals surface area contributed by atoms with Crippen molar-refractivity contribution in [3.63, 3.8) is 0 Å². The molecule has 0 aliphatic rings. The number of carboxylic acids is 1. The van der Waals surface area contributed by atoms with Crippen LogP contribution in [0, 0.1) is 0 Å². The number of esters is 2. The normalized spacial score (nSPS) is 10.8. The number of anilines is 1. The van der Waals surface area contributed by atoms with Gasteiger partial charge in [0.2, 0.25) is 0 Å². The van der Waals surface area contributed by atoms with E-state index in [9.17, 15) is 19.5 Å². The highest BCUT2D eigenvalue weighted by atomic mass is 79.9. The molecule has 118 valence electrons. The van der Waals surface area contributed by atoms with Crippen LogP contribution in [-0.2, 0) is 19.1 Å². The number of hydrogen-bond acceptors (Lipinski definition) is 6. The van der Waals surface area contributed by atoms with Gasteiger partial charge in [0, 0.05) is 4.47 Å². The molecule has 7 nitrogen and oxygen atoms in total. The molecule has 2 N–H and O–H groups in total. The fraction of sp³-hybridized carbons (Fsp3) is 0.154. The highest BCUT2D eigenvalue weighted by Crippen LogP contribution is 2.32. The SMILES string of the molecule is COC(=O)/C=C(/Nc1ccc(Br)c(Cl)c1C(=O)O)C(=O)OC. The van der Waals surface area contributed by atoms with E-state index in [2.05, 4.69) is 30.7 Å². The minimum Gasteiger partial charge on any atom is -0.478 e. The van der Waals surface area contributed by atoms with Crippen LogP contribution in [-0.4, -0.2) is 37.2 Å². The quantitative estimate of drug-likeness (QED) is 0.586. The van der Waals surface area contributed by atoms with Crippen LogP contribution in [0.25, 0.3) is 0 Å². The van der Waals surface area contributed by atoms with Crippen molar-refractivity contribution in [1.29, 1.82) is 0 Å². The average molecular weight is 393 g/mol. The van der Waals surface area contributed by atoms with Gasteiger partial charge in [0.15, 0.2) is 0 Å². The number of carboxylic acid groups (broad SMARTS) is 1. The molecule has 0 aromatic heterocycles. The molecule has 0 fully saturated rings. The molecule has 0 radical (unpaired) electrons. The molecule has 22 heavy (non-hydrogen) atoms. The van der Waals surface area contributed by atoms with Gasteiger partial charge in [-0.15, -0.1) is 0 Å². The summed E-state index contributed by atoms with van der Waals surface area (Å²) in [7, 11) is 2.24. The first-order valence-electron chi connectivity index (χ1n) is 5.68. The Morgan fingerprint density at radius 3 is 2.41 bits per heavy atom. The Hall–Kier alpha value is -2.06. The molecule has 0 aliphatic carbocycles. The number of halogens is 2. The maximum Gasteiger partial charge on any atom is 0.354 e. The van der Waals surface area contributed by atoms with Gasteiger partial charge >= 0.3 is 17.9 Å². The predicted octanol–water partition coefficient (Wildman–Crippen LogP) is 2.44. The van der Waals surface area contributed by atoms with Crippen molar-refractivity contribution >= 4 is 51.1 Å². The smallest absolute Gasteiger partial charge is 0.354 e. The Bertz CT molecular complexity index is 658. The summed E-state index contributed by atoms with van der Waals surface area (Å²) in [5.74, 6) is -3.00. The van der Waals surface area contributed by atoms with Crippen molar-refractivity contribution in [2.75, 3.05) is 19.5 Å². The van der Waals surface area contributed by atoms with Crippen molar-refractivity contribution in [2.24, 2.45) is 0 Å². The van der Waals surface area contributed by atoms with Crippen molar-refractivity contribution in [1.82, 2.24) is 0 Å². The zero-order chi connectivity index (χ0) is 16.9. The zero-order valence-electron chi connectivity index (χ0n) is 11.5. The van der Waals surface area contributed by atoms with Crippen LogP contribution in [0.3, 0.4) is 0 Å². The van der Waals surface area contributed by atoms with Crippen LogP contribution in [0.4, 0.5) is 5.69 Å². The summed E-state index contributed by atoms with van der Waals surface area (Å²) in [6.07, 6.45) is 0.841. The van der Waals surface area contributed by atoms with Gasteiger partial charge in [0.1, 0.15) is 11.3 Å². The van der Waals surface area contributed by atoms with Gasteiger partial charge in [0.25, 0.3) is 0 Å². The molecule has 0 saturated carbocycles. The molecule has 9 heteroatoms. The maximum atomic E-state index is 11.7. The van der Waals surface area contributed by atoms with E-state index >= 15 is 0 Å². The predicted molar refractivity (Wildman–Crippen MR) is 81.8 cm³/mol. The molecule has 0 spiro atoms. The molecule has 0 amide bonds. The Morgan fingerprint density at radius 2 is 1.91 bits per heavy atom. The highest BCUT2D eigenvalue weighted by Gasteiger charge is 2.20. The fourth-order valence-corrected chi connectivity index (χ4v) is 2.02. The summed E-state index contributed by atoms with van der Waals surface area (Å²) in [6.45, 7) is 0. The number of carbonyl (C=O) groups is 3. The van der Waals surface area contributed by atoms with E-state index in [1.807, 2.05) is 0 Å². The summed E-state index contributed by atoms with van der Waals surface area (Å²) in [6, 6.07) is 2.87. The van der Waals surface area contributed by atoms with E-state index in [1.54, 1.807) is 0 Å². The standard InChI is InChI=1S/C13H11BrClNO6/c1-21-9(17)5-8(13(20)22-2)16-7-4-3-6(14)11(15)10(7)12(18)19/h3-5,16H,1-2H3,(H,18,19)/b8-5+. The molecule has 1 rings (SSSR count). The van der Waals surface area contributed by atoms with Crippen LogP contribution in [0.15, 0.2) is 28.4 Å². The lowest BCUT2D eigenvalue weighted by Gasteiger charge is -2.13. The first-order chi connectivity index (χ1) is 10.3. The first-order valence-corrected chi connectivity index (χ1v) is 6.85. The lowest BCUT2D eigenvalue weighted by molar-refractivity contribution is -0.138. The number of carbonyl (C=O) groups excluding carboxylic acids is 2. The van der Waals surface area contributed by atoms with Crippen molar-refractivity contribution in [3.8, 4) is 0 Å². The minimum atomic E-state index is -1.31. The second-order valence-electron chi connectivity index (χ2n) is 3.79. The monoisotopic (exact) mass is 391 g/mol. The minimum absolute atomic E-state index is 0.0150. The molecular weight excluding hydrogens is 382 g/mol. The number of methoxy groups -OCH3 is 2. The number of benzene rings is 1. The van der Waals surface area contributed by atoms with E-state index in [0.29, 0.717) is 4.47 Å². The molecule has 0 atom stereocenters. The van der Waals surface area contributed by atoms with Crippen LogP contribution < -0.4 is 5.32 Å². The van der Waals surface area contributed by atoms with Gasteiger partial charge in [-0.3, -0.25) is 0 Å². The van der Waals surface area contributed by atoms with E-state index in [0.717, 1.165) is 20.3 Å². The molecular formula is C13H11BrClNO6. The Kier molecular flexibility index (Phi) is 6.39. The van der Waals surface area contributed by atoms with E-state index in [1.165, 1.54) is 12.1 Å².